The summed E-state index contributed by atoms with van der Waals surface area (Å²) in [5.41, 5.74) is 2.45. The van der Waals surface area contributed by atoms with Gasteiger partial charge in [0.05, 0.1) is 4.88 Å². The highest BCUT2D eigenvalue weighted by Gasteiger charge is 2.19. The third kappa shape index (κ3) is 2.78. The first-order valence-corrected chi connectivity index (χ1v) is 8.02. The summed E-state index contributed by atoms with van der Waals surface area (Å²) in [6.07, 6.45) is 3.53. The lowest BCUT2D eigenvalue weighted by atomic mass is 10.1. The Morgan fingerprint density at radius 2 is 1.70 bits per heavy atom. The molecule has 1 saturated heterocycles. The maximum atomic E-state index is 12.4. The fourth-order valence-corrected chi connectivity index (χ4v) is 3.56. The van der Waals surface area contributed by atoms with Crippen molar-refractivity contribution >= 4 is 17.2 Å². The maximum absolute atomic E-state index is 12.4. The second-order valence-electron chi connectivity index (χ2n) is 5.38. The molecule has 0 atom stereocenters. The number of rotatable bonds is 2. The second-order valence-corrected chi connectivity index (χ2v) is 6.47. The van der Waals surface area contributed by atoms with Gasteiger partial charge in [-0.15, -0.1) is 11.3 Å². The molecular weight excluding hydrogens is 266 g/mol. The number of benzene rings is 1. The first-order chi connectivity index (χ1) is 9.74. The van der Waals surface area contributed by atoms with Crippen LogP contribution in [-0.2, 0) is 0 Å². The fourth-order valence-electron chi connectivity index (χ4n) is 2.58. The summed E-state index contributed by atoms with van der Waals surface area (Å²) in [6, 6.07) is 12.5. The topological polar surface area (TPSA) is 20.3 Å². The van der Waals surface area contributed by atoms with Crippen LogP contribution in [0.15, 0.2) is 36.4 Å². The van der Waals surface area contributed by atoms with Crippen LogP contribution in [0.1, 0.15) is 34.5 Å². The van der Waals surface area contributed by atoms with Gasteiger partial charge in [-0.25, -0.2) is 0 Å². The smallest absolute Gasteiger partial charge is 0.263 e. The molecule has 2 aromatic rings. The van der Waals surface area contributed by atoms with Gasteiger partial charge in [0, 0.05) is 18.0 Å². The number of carbonyl (C=O) groups is 1. The molecule has 20 heavy (non-hydrogen) atoms. The molecule has 1 amide bonds. The Hall–Kier alpha value is -1.61. The van der Waals surface area contributed by atoms with Crippen molar-refractivity contribution in [2.75, 3.05) is 13.1 Å². The van der Waals surface area contributed by atoms with Crippen LogP contribution in [0.3, 0.4) is 0 Å². The van der Waals surface area contributed by atoms with Crippen molar-refractivity contribution in [1.82, 2.24) is 4.90 Å². The highest BCUT2D eigenvalue weighted by atomic mass is 32.1. The molecule has 2 heterocycles. The van der Waals surface area contributed by atoms with E-state index in [0.717, 1.165) is 30.8 Å². The van der Waals surface area contributed by atoms with Gasteiger partial charge < -0.3 is 4.90 Å². The SMILES string of the molecule is Cc1ccc(-c2ccc(C(=O)N3CCCCC3)s2)cc1. The number of thiophene rings is 1. The molecule has 0 N–H and O–H groups in total. The first kappa shape index (κ1) is 13.4. The van der Waals surface area contributed by atoms with Gasteiger partial charge in [0.15, 0.2) is 0 Å². The van der Waals surface area contributed by atoms with Crippen molar-refractivity contribution in [3.8, 4) is 10.4 Å². The average Bonchev–Trinajstić information content (AvgIpc) is 2.98. The molecule has 1 aliphatic heterocycles. The Morgan fingerprint density at radius 1 is 1.00 bits per heavy atom. The molecule has 0 radical (unpaired) electrons. The Bertz CT molecular complexity index is 594. The maximum Gasteiger partial charge on any atom is 0.263 e. The number of aryl methyl sites for hydroxylation is 1. The molecule has 1 aromatic carbocycles. The lowest BCUT2D eigenvalue weighted by Gasteiger charge is -2.26. The molecule has 0 aliphatic carbocycles. The van der Waals surface area contributed by atoms with E-state index in [-0.39, 0.29) is 5.91 Å². The third-order valence-electron chi connectivity index (χ3n) is 3.80. The zero-order valence-electron chi connectivity index (χ0n) is 11.8. The summed E-state index contributed by atoms with van der Waals surface area (Å²) in [6.45, 7) is 3.91. The summed E-state index contributed by atoms with van der Waals surface area (Å²) in [4.78, 5) is 16.5. The monoisotopic (exact) mass is 285 g/mol. The van der Waals surface area contributed by atoms with Gasteiger partial charge in [-0.1, -0.05) is 29.8 Å². The molecule has 0 saturated carbocycles. The molecular formula is C17H19NOS. The highest BCUT2D eigenvalue weighted by molar-refractivity contribution is 7.17. The molecule has 3 rings (SSSR count). The second kappa shape index (κ2) is 5.80. The van der Waals surface area contributed by atoms with E-state index in [9.17, 15) is 4.79 Å². The number of likely N-dealkylation sites (tertiary alicyclic amines) is 1. The number of amides is 1. The third-order valence-corrected chi connectivity index (χ3v) is 4.92. The number of nitrogens with zero attached hydrogens (tertiary/aromatic N) is 1. The van der Waals surface area contributed by atoms with Gasteiger partial charge >= 0.3 is 0 Å². The molecule has 104 valence electrons. The van der Waals surface area contributed by atoms with Gasteiger partial charge in [-0.05, 0) is 43.9 Å². The van der Waals surface area contributed by atoms with E-state index in [1.54, 1.807) is 11.3 Å². The predicted molar refractivity (Wildman–Crippen MR) is 84.2 cm³/mol. The van der Waals surface area contributed by atoms with Crippen molar-refractivity contribution in [3.63, 3.8) is 0 Å². The van der Waals surface area contributed by atoms with Crippen molar-refractivity contribution in [2.24, 2.45) is 0 Å². The molecule has 0 spiro atoms. The minimum Gasteiger partial charge on any atom is -0.338 e. The predicted octanol–water partition coefficient (Wildman–Crippen LogP) is 4.35. The minimum absolute atomic E-state index is 0.202. The number of hydrogen-bond donors (Lipinski definition) is 0. The van der Waals surface area contributed by atoms with Gasteiger partial charge in [-0.2, -0.15) is 0 Å². The summed E-state index contributed by atoms with van der Waals surface area (Å²) in [5.74, 6) is 0.202. The van der Waals surface area contributed by atoms with E-state index in [1.807, 2.05) is 11.0 Å². The van der Waals surface area contributed by atoms with Crippen molar-refractivity contribution in [1.29, 1.82) is 0 Å². The Kier molecular flexibility index (Phi) is 3.88. The van der Waals surface area contributed by atoms with E-state index < -0.39 is 0 Å². The van der Waals surface area contributed by atoms with Crippen LogP contribution >= 0.6 is 11.3 Å². The zero-order valence-corrected chi connectivity index (χ0v) is 12.6. The Morgan fingerprint density at radius 3 is 2.40 bits per heavy atom. The standard InChI is InChI=1S/C17H19NOS/c1-13-5-7-14(8-6-13)15-9-10-16(20-15)17(19)18-11-3-2-4-12-18/h5-10H,2-4,11-12H2,1H3. The largest absolute Gasteiger partial charge is 0.338 e. The van der Waals surface area contributed by atoms with Crippen molar-refractivity contribution < 1.29 is 4.79 Å². The Labute approximate surface area is 124 Å². The highest BCUT2D eigenvalue weighted by Crippen LogP contribution is 2.29. The van der Waals surface area contributed by atoms with Crippen LogP contribution in [-0.4, -0.2) is 23.9 Å². The quantitative estimate of drug-likeness (QED) is 0.803. The van der Waals surface area contributed by atoms with Gasteiger partial charge in [0.2, 0.25) is 0 Å². The number of hydrogen-bond acceptors (Lipinski definition) is 2. The number of piperidine rings is 1. The summed E-state index contributed by atoms with van der Waals surface area (Å²) in [7, 11) is 0. The lowest BCUT2D eigenvalue weighted by molar-refractivity contribution is 0.0729. The van der Waals surface area contributed by atoms with Crippen LogP contribution in [0, 0.1) is 6.92 Å². The Balaban J connectivity index is 1.79. The van der Waals surface area contributed by atoms with Gasteiger partial charge in [0.25, 0.3) is 5.91 Å². The summed E-state index contributed by atoms with van der Waals surface area (Å²) >= 11 is 1.60. The van der Waals surface area contributed by atoms with Crippen LogP contribution < -0.4 is 0 Å². The van der Waals surface area contributed by atoms with E-state index in [0.29, 0.717) is 0 Å². The van der Waals surface area contributed by atoms with Crippen LogP contribution in [0.5, 0.6) is 0 Å². The molecule has 1 aliphatic rings. The first-order valence-electron chi connectivity index (χ1n) is 7.20. The molecule has 1 aromatic heterocycles. The lowest BCUT2D eigenvalue weighted by Crippen LogP contribution is -2.35. The van der Waals surface area contributed by atoms with Gasteiger partial charge in [0.1, 0.15) is 0 Å². The molecule has 1 fully saturated rings. The fraction of sp³-hybridized carbons (Fsp3) is 0.353. The van der Waals surface area contributed by atoms with Crippen molar-refractivity contribution in [2.45, 2.75) is 26.2 Å². The molecule has 0 bridgehead atoms. The van der Waals surface area contributed by atoms with Crippen molar-refractivity contribution in [3.05, 3.63) is 46.8 Å². The molecule has 2 nitrogen and oxygen atoms in total. The zero-order chi connectivity index (χ0) is 13.9. The van der Waals surface area contributed by atoms with Crippen LogP contribution in [0.25, 0.3) is 10.4 Å². The van der Waals surface area contributed by atoms with E-state index in [2.05, 4.69) is 37.3 Å². The minimum atomic E-state index is 0.202. The van der Waals surface area contributed by atoms with E-state index in [1.165, 1.54) is 22.4 Å². The van der Waals surface area contributed by atoms with E-state index >= 15 is 0 Å². The van der Waals surface area contributed by atoms with Crippen LogP contribution in [0.4, 0.5) is 0 Å². The normalized spacial score (nSPS) is 15.3. The summed E-state index contributed by atoms with van der Waals surface area (Å²) in [5, 5.41) is 0. The molecule has 0 unspecified atom stereocenters. The molecule has 3 heteroatoms. The van der Waals surface area contributed by atoms with Crippen LogP contribution in [0.2, 0.25) is 0 Å². The number of carbonyl (C=O) groups excluding carboxylic acids is 1. The van der Waals surface area contributed by atoms with E-state index in [4.69, 9.17) is 0 Å². The summed E-state index contributed by atoms with van der Waals surface area (Å²) < 4.78 is 0. The average molecular weight is 285 g/mol. The van der Waals surface area contributed by atoms with Gasteiger partial charge in [-0.3, -0.25) is 4.79 Å².